The van der Waals surface area contributed by atoms with Gasteiger partial charge in [-0.05, 0) is 75.7 Å². The predicted octanol–water partition coefficient (Wildman–Crippen LogP) is 5.84. The Labute approximate surface area is 196 Å². The van der Waals surface area contributed by atoms with E-state index in [4.69, 9.17) is 4.74 Å². The second-order valence-corrected chi connectivity index (χ2v) is 8.95. The van der Waals surface area contributed by atoms with Crippen LogP contribution in [0.1, 0.15) is 32.2 Å². The van der Waals surface area contributed by atoms with Crippen LogP contribution in [0.25, 0.3) is 11.3 Å². The molecule has 33 heavy (non-hydrogen) atoms. The molecule has 2 N–H and O–H groups in total. The van der Waals surface area contributed by atoms with Gasteiger partial charge in [0.15, 0.2) is 5.13 Å². The maximum absolute atomic E-state index is 12.9. The quantitative estimate of drug-likeness (QED) is 0.377. The van der Waals surface area contributed by atoms with Crippen LogP contribution in [0.4, 0.5) is 16.8 Å². The lowest BCUT2D eigenvalue weighted by atomic mass is 10.1. The third-order valence-corrected chi connectivity index (χ3v) is 5.93. The van der Waals surface area contributed by atoms with Gasteiger partial charge in [-0.1, -0.05) is 6.07 Å². The van der Waals surface area contributed by atoms with Gasteiger partial charge in [-0.2, -0.15) is 0 Å². The average Bonchev–Trinajstić information content (AvgIpc) is 3.13. The summed E-state index contributed by atoms with van der Waals surface area (Å²) in [5.41, 5.74) is 5.87. The fraction of sp³-hybridized carbons (Fsp3) is 0.200. The number of aryl methyl sites for hydroxylation is 4. The minimum Gasteiger partial charge on any atom is -0.496 e. The molecular formula is C25H25N5O2S. The van der Waals surface area contributed by atoms with Gasteiger partial charge in [-0.3, -0.25) is 10.1 Å². The number of carbonyl (C=O) groups excluding carboxylic acids is 1. The van der Waals surface area contributed by atoms with E-state index < -0.39 is 0 Å². The van der Waals surface area contributed by atoms with Crippen molar-refractivity contribution in [2.75, 3.05) is 17.7 Å². The number of rotatable bonds is 6. The summed E-state index contributed by atoms with van der Waals surface area (Å²) in [5.74, 6) is 1.10. The monoisotopic (exact) mass is 459 g/mol. The molecule has 0 saturated carbocycles. The maximum Gasteiger partial charge on any atom is 0.257 e. The highest BCUT2D eigenvalue weighted by molar-refractivity contribution is 7.16. The number of amides is 1. The molecule has 4 rings (SSSR count). The van der Waals surface area contributed by atoms with Crippen molar-refractivity contribution in [2.24, 2.45) is 0 Å². The Morgan fingerprint density at radius 1 is 0.939 bits per heavy atom. The van der Waals surface area contributed by atoms with Crippen LogP contribution in [0.5, 0.6) is 5.75 Å². The van der Waals surface area contributed by atoms with Crippen molar-refractivity contribution in [3.63, 3.8) is 0 Å². The first kappa shape index (κ1) is 22.4. The van der Waals surface area contributed by atoms with Crippen LogP contribution in [0.2, 0.25) is 0 Å². The molecule has 0 aliphatic heterocycles. The largest absolute Gasteiger partial charge is 0.496 e. The van der Waals surface area contributed by atoms with Crippen molar-refractivity contribution < 1.29 is 9.53 Å². The zero-order valence-corrected chi connectivity index (χ0v) is 20.0. The molecule has 0 atom stereocenters. The molecule has 2 aromatic carbocycles. The molecule has 2 heterocycles. The van der Waals surface area contributed by atoms with Crippen molar-refractivity contribution >= 4 is 34.0 Å². The fourth-order valence-corrected chi connectivity index (χ4v) is 4.39. The number of ether oxygens (including phenoxy) is 1. The zero-order chi connectivity index (χ0) is 23.5. The van der Waals surface area contributed by atoms with E-state index in [1.807, 2.05) is 64.1 Å². The second kappa shape index (κ2) is 9.38. The number of anilines is 3. The second-order valence-electron chi connectivity index (χ2n) is 7.74. The van der Waals surface area contributed by atoms with E-state index in [0.29, 0.717) is 16.6 Å². The van der Waals surface area contributed by atoms with Crippen LogP contribution < -0.4 is 15.4 Å². The standard InChI is InChI=1S/C25H25N5O2S/c1-14-11-18(9-10-21(14)32-5)22-17(4)33-25(29-22)30-23(31)19-7-6-8-20(13-19)28-24-26-15(2)12-16(3)27-24/h6-13H,1-5H3,(H,26,27,28)(H,29,30,31). The van der Waals surface area contributed by atoms with E-state index in [0.717, 1.165) is 44.5 Å². The number of benzene rings is 2. The highest BCUT2D eigenvalue weighted by Gasteiger charge is 2.15. The summed E-state index contributed by atoms with van der Waals surface area (Å²) in [6.45, 7) is 7.83. The zero-order valence-electron chi connectivity index (χ0n) is 19.2. The van der Waals surface area contributed by atoms with Gasteiger partial charge >= 0.3 is 0 Å². The van der Waals surface area contributed by atoms with E-state index in [2.05, 4.69) is 25.6 Å². The molecule has 0 aliphatic carbocycles. The number of carbonyl (C=O) groups is 1. The third kappa shape index (κ3) is 5.18. The molecule has 0 unspecified atom stereocenters. The average molecular weight is 460 g/mol. The summed E-state index contributed by atoms with van der Waals surface area (Å²) >= 11 is 1.45. The summed E-state index contributed by atoms with van der Waals surface area (Å²) in [7, 11) is 1.66. The van der Waals surface area contributed by atoms with Gasteiger partial charge in [0.05, 0.1) is 12.8 Å². The highest BCUT2D eigenvalue weighted by Crippen LogP contribution is 2.33. The molecule has 0 aliphatic rings. The van der Waals surface area contributed by atoms with Gasteiger partial charge < -0.3 is 10.1 Å². The van der Waals surface area contributed by atoms with Gasteiger partial charge in [0.1, 0.15) is 5.75 Å². The molecule has 0 radical (unpaired) electrons. The molecule has 8 heteroatoms. The molecule has 0 fully saturated rings. The summed E-state index contributed by atoms with van der Waals surface area (Å²) in [4.78, 5) is 27.4. The molecule has 2 aromatic heterocycles. The molecule has 1 amide bonds. The van der Waals surface area contributed by atoms with Crippen molar-refractivity contribution in [2.45, 2.75) is 27.7 Å². The number of aromatic nitrogens is 3. The predicted molar refractivity (Wildman–Crippen MR) is 133 cm³/mol. The SMILES string of the molecule is COc1ccc(-c2nc(NC(=O)c3cccc(Nc4nc(C)cc(C)n4)c3)sc2C)cc1C. The van der Waals surface area contributed by atoms with Crippen molar-refractivity contribution in [1.82, 2.24) is 15.0 Å². The van der Waals surface area contributed by atoms with E-state index >= 15 is 0 Å². The Morgan fingerprint density at radius 3 is 2.39 bits per heavy atom. The van der Waals surface area contributed by atoms with Crippen LogP contribution in [0.3, 0.4) is 0 Å². The topological polar surface area (TPSA) is 89.0 Å². The normalized spacial score (nSPS) is 10.7. The van der Waals surface area contributed by atoms with Crippen LogP contribution in [0.15, 0.2) is 48.5 Å². The van der Waals surface area contributed by atoms with Crippen LogP contribution in [0, 0.1) is 27.7 Å². The number of nitrogens with one attached hydrogen (secondary N) is 2. The fourth-order valence-electron chi connectivity index (χ4n) is 3.56. The molecule has 7 nitrogen and oxygen atoms in total. The number of hydrogen-bond donors (Lipinski definition) is 2. The smallest absolute Gasteiger partial charge is 0.257 e. The maximum atomic E-state index is 12.9. The number of hydrogen-bond acceptors (Lipinski definition) is 7. The highest BCUT2D eigenvalue weighted by atomic mass is 32.1. The van der Waals surface area contributed by atoms with Crippen LogP contribution in [-0.2, 0) is 0 Å². The van der Waals surface area contributed by atoms with Crippen LogP contribution in [-0.4, -0.2) is 28.0 Å². The van der Waals surface area contributed by atoms with Gasteiger partial charge in [-0.15, -0.1) is 11.3 Å². The Kier molecular flexibility index (Phi) is 6.37. The van der Waals surface area contributed by atoms with Crippen molar-refractivity contribution in [1.29, 1.82) is 0 Å². The Bertz CT molecular complexity index is 1310. The Balaban J connectivity index is 1.51. The Hall–Kier alpha value is -3.78. The Morgan fingerprint density at radius 2 is 1.70 bits per heavy atom. The number of methoxy groups -OCH3 is 1. The van der Waals surface area contributed by atoms with E-state index in [1.54, 1.807) is 19.2 Å². The van der Waals surface area contributed by atoms with Gasteiger partial charge in [0, 0.05) is 33.1 Å². The van der Waals surface area contributed by atoms with E-state index in [1.165, 1.54) is 11.3 Å². The van der Waals surface area contributed by atoms with Crippen molar-refractivity contribution in [3.8, 4) is 17.0 Å². The molecule has 0 bridgehead atoms. The lowest BCUT2D eigenvalue weighted by molar-refractivity contribution is 0.102. The first-order valence-corrected chi connectivity index (χ1v) is 11.3. The summed E-state index contributed by atoms with van der Waals surface area (Å²) in [5, 5.41) is 6.64. The van der Waals surface area contributed by atoms with Gasteiger partial charge in [-0.25, -0.2) is 15.0 Å². The number of nitrogens with zero attached hydrogens (tertiary/aromatic N) is 3. The molecule has 168 valence electrons. The third-order valence-electron chi connectivity index (χ3n) is 5.05. The number of thiazole rings is 1. The van der Waals surface area contributed by atoms with E-state index in [9.17, 15) is 4.79 Å². The van der Waals surface area contributed by atoms with Crippen molar-refractivity contribution in [3.05, 3.63) is 75.9 Å². The van der Waals surface area contributed by atoms with Gasteiger partial charge in [0.25, 0.3) is 5.91 Å². The lowest BCUT2D eigenvalue weighted by Gasteiger charge is -2.08. The minimum atomic E-state index is -0.230. The van der Waals surface area contributed by atoms with Crippen LogP contribution >= 0.6 is 11.3 Å². The summed E-state index contributed by atoms with van der Waals surface area (Å²) in [6, 6.07) is 15.1. The summed E-state index contributed by atoms with van der Waals surface area (Å²) < 4.78 is 5.34. The lowest BCUT2D eigenvalue weighted by Crippen LogP contribution is -2.12. The summed E-state index contributed by atoms with van der Waals surface area (Å²) in [6.07, 6.45) is 0. The first-order valence-electron chi connectivity index (χ1n) is 10.5. The molecular weight excluding hydrogens is 434 g/mol. The molecule has 0 saturated heterocycles. The molecule has 4 aromatic rings. The first-order chi connectivity index (χ1) is 15.8. The van der Waals surface area contributed by atoms with E-state index in [-0.39, 0.29) is 5.91 Å². The minimum absolute atomic E-state index is 0.230. The molecule has 0 spiro atoms. The van der Waals surface area contributed by atoms with Gasteiger partial charge in [0.2, 0.25) is 5.95 Å².